The summed E-state index contributed by atoms with van der Waals surface area (Å²) in [5, 5.41) is 12.6. The first-order chi connectivity index (χ1) is 10.1. The van der Waals surface area contributed by atoms with Gasteiger partial charge in [-0.3, -0.25) is 9.59 Å². The third-order valence-electron chi connectivity index (χ3n) is 4.42. The van der Waals surface area contributed by atoms with E-state index < -0.39 is 11.9 Å². The van der Waals surface area contributed by atoms with Gasteiger partial charge in [-0.2, -0.15) is 0 Å². The number of nitrogens with one attached hydrogen (secondary N) is 1. The summed E-state index contributed by atoms with van der Waals surface area (Å²) in [4.78, 5) is 25.7. The number of hydrogen-bond donors (Lipinski definition) is 2. The summed E-state index contributed by atoms with van der Waals surface area (Å²) in [7, 11) is 0. The van der Waals surface area contributed by atoms with Crippen molar-refractivity contribution in [2.24, 2.45) is 11.8 Å². The number of piperidine rings is 1. The summed E-state index contributed by atoms with van der Waals surface area (Å²) in [6.07, 6.45) is 3.52. The standard InChI is InChI=1S/C15H26N2O4/c1-2-6-17(13-10-21-9-12(13)15(19)20)14(18)7-11-4-3-5-16-8-11/h11-13,16H,2-10H2,1H3,(H,19,20). The lowest BCUT2D eigenvalue weighted by Gasteiger charge is -2.32. The molecule has 2 N–H and O–H groups in total. The lowest BCUT2D eigenvalue weighted by molar-refractivity contribution is -0.145. The van der Waals surface area contributed by atoms with Crippen molar-refractivity contribution in [1.29, 1.82) is 0 Å². The van der Waals surface area contributed by atoms with Gasteiger partial charge in [0.2, 0.25) is 5.91 Å². The molecule has 0 aliphatic carbocycles. The van der Waals surface area contributed by atoms with Crippen molar-refractivity contribution in [2.75, 3.05) is 32.8 Å². The van der Waals surface area contributed by atoms with E-state index in [4.69, 9.17) is 4.74 Å². The normalized spacial score (nSPS) is 29.3. The molecule has 2 heterocycles. The van der Waals surface area contributed by atoms with Crippen LogP contribution in [0.15, 0.2) is 0 Å². The van der Waals surface area contributed by atoms with Crippen LogP contribution in [0.5, 0.6) is 0 Å². The summed E-state index contributed by atoms with van der Waals surface area (Å²) in [6, 6.07) is -0.313. The number of ether oxygens (including phenoxy) is 1. The molecule has 0 aromatic heterocycles. The Morgan fingerprint density at radius 3 is 2.81 bits per heavy atom. The summed E-state index contributed by atoms with van der Waals surface area (Å²) >= 11 is 0. The molecular weight excluding hydrogens is 272 g/mol. The number of aliphatic carboxylic acids is 1. The largest absolute Gasteiger partial charge is 0.481 e. The number of rotatable bonds is 6. The van der Waals surface area contributed by atoms with Crippen molar-refractivity contribution in [2.45, 2.75) is 38.6 Å². The van der Waals surface area contributed by atoms with Gasteiger partial charge in [0, 0.05) is 13.0 Å². The molecule has 2 aliphatic heterocycles. The van der Waals surface area contributed by atoms with Gasteiger partial charge >= 0.3 is 5.97 Å². The second-order valence-electron chi connectivity index (χ2n) is 6.05. The minimum absolute atomic E-state index is 0.0762. The number of amides is 1. The Balaban J connectivity index is 1.99. The maximum atomic E-state index is 12.6. The Morgan fingerprint density at radius 2 is 2.19 bits per heavy atom. The van der Waals surface area contributed by atoms with E-state index in [1.165, 1.54) is 0 Å². The van der Waals surface area contributed by atoms with Gasteiger partial charge in [0.25, 0.3) is 0 Å². The monoisotopic (exact) mass is 298 g/mol. The van der Waals surface area contributed by atoms with Crippen LogP contribution in [0.1, 0.15) is 32.6 Å². The van der Waals surface area contributed by atoms with Crippen LogP contribution in [-0.4, -0.2) is 60.8 Å². The van der Waals surface area contributed by atoms with Gasteiger partial charge < -0.3 is 20.1 Å². The highest BCUT2D eigenvalue weighted by Crippen LogP contribution is 2.23. The molecule has 120 valence electrons. The highest BCUT2D eigenvalue weighted by molar-refractivity contribution is 5.79. The lowest BCUT2D eigenvalue weighted by Crippen LogP contribution is -2.48. The van der Waals surface area contributed by atoms with E-state index in [2.05, 4.69) is 5.32 Å². The Bertz CT molecular complexity index is 369. The molecule has 1 amide bonds. The van der Waals surface area contributed by atoms with Gasteiger partial charge in [-0.25, -0.2) is 0 Å². The first-order valence-corrected chi connectivity index (χ1v) is 7.94. The third-order valence-corrected chi connectivity index (χ3v) is 4.42. The predicted molar refractivity (Wildman–Crippen MR) is 77.9 cm³/mol. The zero-order chi connectivity index (χ0) is 15.2. The molecule has 0 radical (unpaired) electrons. The molecule has 6 nitrogen and oxygen atoms in total. The van der Waals surface area contributed by atoms with Gasteiger partial charge in [-0.1, -0.05) is 6.92 Å². The highest BCUT2D eigenvalue weighted by atomic mass is 16.5. The van der Waals surface area contributed by atoms with Crippen LogP contribution < -0.4 is 5.32 Å². The highest BCUT2D eigenvalue weighted by Gasteiger charge is 2.39. The molecule has 0 aromatic carbocycles. The van der Waals surface area contributed by atoms with Gasteiger partial charge in [0.15, 0.2) is 0 Å². The number of carbonyl (C=O) groups excluding carboxylic acids is 1. The van der Waals surface area contributed by atoms with Gasteiger partial charge in [0.05, 0.1) is 19.3 Å². The molecule has 2 fully saturated rings. The second kappa shape index (κ2) is 7.75. The van der Waals surface area contributed by atoms with Crippen LogP contribution >= 0.6 is 0 Å². The van der Waals surface area contributed by atoms with Crippen molar-refractivity contribution in [1.82, 2.24) is 10.2 Å². The minimum atomic E-state index is -0.870. The summed E-state index contributed by atoms with van der Waals surface area (Å²) in [6.45, 7) is 5.07. The number of carboxylic acids is 1. The Kier molecular flexibility index (Phi) is 5.99. The topological polar surface area (TPSA) is 78.9 Å². The van der Waals surface area contributed by atoms with E-state index >= 15 is 0 Å². The number of nitrogens with zero attached hydrogens (tertiary/aromatic N) is 1. The van der Waals surface area contributed by atoms with Crippen molar-refractivity contribution in [3.05, 3.63) is 0 Å². The molecule has 0 aromatic rings. The zero-order valence-corrected chi connectivity index (χ0v) is 12.7. The van der Waals surface area contributed by atoms with Crippen molar-refractivity contribution in [3.8, 4) is 0 Å². The summed E-state index contributed by atoms with van der Waals surface area (Å²) in [5.41, 5.74) is 0. The third kappa shape index (κ3) is 4.17. The molecule has 0 spiro atoms. The second-order valence-corrected chi connectivity index (χ2v) is 6.05. The average Bonchev–Trinajstić information content (AvgIpc) is 2.95. The van der Waals surface area contributed by atoms with Crippen LogP contribution in [0.2, 0.25) is 0 Å². The molecule has 3 unspecified atom stereocenters. The van der Waals surface area contributed by atoms with E-state index in [-0.39, 0.29) is 18.6 Å². The van der Waals surface area contributed by atoms with E-state index in [0.29, 0.717) is 25.5 Å². The Labute approximate surface area is 125 Å². The van der Waals surface area contributed by atoms with E-state index in [1.807, 2.05) is 6.92 Å². The first kappa shape index (κ1) is 16.2. The number of carboxylic acid groups (broad SMARTS) is 1. The maximum absolute atomic E-state index is 12.6. The van der Waals surface area contributed by atoms with Gasteiger partial charge in [-0.05, 0) is 38.3 Å². The summed E-state index contributed by atoms with van der Waals surface area (Å²) in [5.74, 6) is -1.01. The SMILES string of the molecule is CCCN(C(=O)CC1CCCNC1)C1COCC1C(=O)O. The molecule has 2 rings (SSSR count). The van der Waals surface area contributed by atoms with E-state index in [0.717, 1.165) is 32.4 Å². The fourth-order valence-electron chi connectivity index (χ4n) is 3.26. The van der Waals surface area contributed by atoms with Gasteiger partial charge in [-0.15, -0.1) is 0 Å². The zero-order valence-electron chi connectivity index (χ0n) is 12.7. The molecule has 2 aliphatic rings. The molecular formula is C15H26N2O4. The first-order valence-electron chi connectivity index (χ1n) is 7.94. The average molecular weight is 298 g/mol. The van der Waals surface area contributed by atoms with Crippen molar-refractivity contribution < 1.29 is 19.4 Å². The van der Waals surface area contributed by atoms with E-state index in [1.54, 1.807) is 4.90 Å². The van der Waals surface area contributed by atoms with Crippen molar-refractivity contribution in [3.63, 3.8) is 0 Å². The Morgan fingerprint density at radius 1 is 1.38 bits per heavy atom. The van der Waals surface area contributed by atoms with Crippen LogP contribution in [0.25, 0.3) is 0 Å². The lowest BCUT2D eigenvalue weighted by atomic mass is 9.94. The summed E-state index contributed by atoms with van der Waals surface area (Å²) < 4.78 is 5.31. The van der Waals surface area contributed by atoms with Gasteiger partial charge in [0.1, 0.15) is 5.92 Å². The van der Waals surface area contributed by atoms with Crippen LogP contribution in [0.3, 0.4) is 0 Å². The number of carbonyl (C=O) groups is 2. The molecule has 3 atom stereocenters. The Hall–Kier alpha value is -1.14. The fourth-order valence-corrected chi connectivity index (χ4v) is 3.26. The molecule has 21 heavy (non-hydrogen) atoms. The predicted octanol–water partition coefficient (Wildman–Crippen LogP) is 0.714. The fraction of sp³-hybridized carbons (Fsp3) is 0.867. The van der Waals surface area contributed by atoms with Crippen LogP contribution in [-0.2, 0) is 14.3 Å². The quantitative estimate of drug-likeness (QED) is 0.755. The minimum Gasteiger partial charge on any atom is -0.481 e. The van der Waals surface area contributed by atoms with Crippen LogP contribution in [0, 0.1) is 11.8 Å². The van der Waals surface area contributed by atoms with E-state index in [9.17, 15) is 14.7 Å². The number of hydrogen-bond acceptors (Lipinski definition) is 4. The van der Waals surface area contributed by atoms with Crippen molar-refractivity contribution >= 4 is 11.9 Å². The molecule has 6 heteroatoms. The molecule has 0 bridgehead atoms. The van der Waals surface area contributed by atoms with Crippen LogP contribution in [0.4, 0.5) is 0 Å². The molecule has 0 saturated carbocycles. The maximum Gasteiger partial charge on any atom is 0.311 e. The smallest absolute Gasteiger partial charge is 0.311 e. The molecule has 2 saturated heterocycles.